The summed E-state index contributed by atoms with van der Waals surface area (Å²) in [6, 6.07) is 3.77. The van der Waals surface area contributed by atoms with E-state index in [4.69, 9.17) is 4.74 Å². The van der Waals surface area contributed by atoms with Crippen LogP contribution in [-0.4, -0.2) is 40.0 Å². The first-order valence-corrected chi connectivity index (χ1v) is 7.97. The van der Waals surface area contributed by atoms with E-state index < -0.39 is 0 Å². The van der Waals surface area contributed by atoms with Crippen LogP contribution in [0.1, 0.15) is 18.4 Å². The molecule has 0 aliphatic carbocycles. The van der Waals surface area contributed by atoms with Gasteiger partial charge in [0.1, 0.15) is 12.4 Å². The highest BCUT2D eigenvalue weighted by molar-refractivity contribution is 7.07. The van der Waals surface area contributed by atoms with Crippen molar-refractivity contribution < 1.29 is 9.53 Å². The van der Waals surface area contributed by atoms with Crippen LogP contribution in [0.15, 0.2) is 35.4 Å². The Labute approximate surface area is 127 Å². The molecule has 0 bridgehead atoms. The standard InChI is InChI=1S/C15H17N3O2S/c19-15(9-12-4-8-21-10-12)18-6-2-13(3-7-18)20-14-1-5-16-11-17-14/h1,4-5,8,10-11,13H,2-3,6-7,9H2. The van der Waals surface area contributed by atoms with Gasteiger partial charge in [-0.2, -0.15) is 11.3 Å². The van der Waals surface area contributed by atoms with Crippen molar-refractivity contribution in [1.29, 1.82) is 0 Å². The maximum Gasteiger partial charge on any atom is 0.227 e. The molecule has 2 aromatic heterocycles. The Kier molecular flexibility index (Phi) is 4.45. The molecule has 1 saturated heterocycles. The number of likely N-dealkylation sites (tertiary alicyclic amines) is 1. The number of rotatable bonds is 4. The molecule has 0 radical (unpaired) electrons. The highest BCUT2D eigenvalue weighted by Gasteiger charge is 2.24. The van der Waals surface area contributed by atoms with Crippen LogP contribution in [0.3, 0.4) is 0 Å². The Morgan fingerprint density at radius 3 is 2.90 bits per heavy atom. The quantitative estimate of drug-likeness (QED) is 0.868. The lowest BCUT2D eigenvalue weighted by Gasteiger charge is -2.31. The highest BCUT2D eigenvalue weighted by atomic mass is 32.1. The van der Waals surface area contributed by atoms with E-state index in [1.165, 1.54) is 6.33 Å². The Balaban J connectivity index is 1.47. The molecule has 110 valence electrons. The number of aromatic nitrogens is 2. The number of carbonyl (C=O) groups is 1. The summed E-state index contributed by atoms with van der Waals surface area (Å²) in [5, 5.41) is 4.03. The van der Waals surface area contributed by atoms with E-state index in [0.717, 1.165) is 31.5 Å². The molecule has 0 saturated carbocycles. The zero-order chi connectivity index (χ0) is 14.5. The molecule has 0 spiro atoms. The SMILES string of the molecule is O=C(Cc1ccsc1)N1CCC(Oc2ccncn2)CC1. The van der Waals surface area contributed by atoms with Crippen LogP contribution in [0, 0.1) is 0 Å². The predicted molar refractivity (Wildman–Crippen MR) is 80.3 cm³/mol. The van der Waals surface area contributed by atoms with Crippen molar-refractivity contribution in [2.24, 2.45) is 0 Å². The van der Waals surface area contributed by atoms with Crippen molar-refractivity contribution in [1.82, 2.24) is 14.9 Å². The zero-order valence-electron chi connectivity index (χ0n) is 11.6. The van der Waals surface area contributed by atoms with E-state index in [9.17, 15) is 4.79 Å². The molecule has 0 N–H and O–H groups in total. The monoisotopic (exact) mass is 303 g/mol. The third-order valence-corrected chi connectivity index (χ3v) is 4.30. The van der Waals surface area contributed by atoms with Crippen LogP contribution >= 0.6 is 11.3 Å². The molecule has 1 aliphatic heterocycles. The fraction of sp³-hybridized carbons (Fsp3) is 0.400. The third-order valence-electron chi connectivity index (χ3n) is 3.57. The van der Waals surface area contributed by atoms with Gasteiger partial charge in [0.25, 0.3) is 0 Å². The van der Waals surface area contributed by atoms with Gasteiger partial charge in [-0.3, -0.25) is 4.79 Å². The van der Waals surface area contributed by atoms with Crippen molar-refractivity contribution >= 4 is 17.2 Å². The Morgan fingerprint density at radius 2 is 2.24 bits per heavy atom. The number of thiophene rings is 1. The molecule has 3 rings (SSSR count). The van der Waals surface area contributed by atoms with Crippen molar-refractivity contribution in [3.05, 3.63) is 41.0 Å². The van der Waals surface area contributed by atoms with Gasteiger partial charge < -0.3 is 9.64 Å². The topological polar surface area (TPSA) is 55.3 Å². The van der Waals surface area contributed by atoms with Gasteiger partial charge in [-0.1, -0.05) is 0 Å². The average Bonchev–Trinajstić information content (AvgIpc) is 3.02. The molecular formula is C15H17N3O2S. The first-order valence-electron chi connectivity index (χ1n) is 7.03. The molecule has 6 heteroatoms. The first kappa shape index (κ1) is 14.0. The lowest BCUT2D eigenvalue weighted by molar-refractivity contribution is -0.132. The second-order valence-corrected chi connectivity index (χ2v) is 5.83. The van der Waals surface area contributed by atoms with Crippen molar-refractivity contribution in [2.75, 3.05) is 13.1 Å². The van der Waals surface area contributed by atoms with Gasteiger partial charge in [-0.15, -0.1) is 0 Å². The smallest absolute Gasteiger partial charge is 0.227 e. The van der Waals surface area contributed by atoms with Gasteiger partial charge in [-0.25, -0.2) is 9.97 Å². The van der Waals surface area contributed by atoms with Crippen LogP contribution in [-0.2, 0) is 11.2 Å². The van der Waals surface area contributed by atoms with Gasteiger partial charge in [0, 0.05) is 38.2 Å². The van der Waals surface area contributed by atoms with Crippen molar-refractivity contribution in [3.63, 3.8) is 0 Å². The molecule has 21 heavy (non-hydrogen) atoms. The van der Waals surface area contributed by atoms with Gasteiger partial charge in [0.05, 0.1) is 6.42 Å². The number of nitrogens with zero attached hydrogens (tertiary/aromatic N) is 3. The molecule has 1 fully saturated rings. The maximum absolute atomic E-state index is 12.2. The molecule has 3 heterocycles. The summed E-state index contributed by atoms with van der Waals surface area (Å²) < 4.78 is 5.80. The number of amides is 1. The van der Waals surface area contributed by atoms with Crippen LogP contribution in [0.25, 0.3) is 0 Å². The largest absolute Gasteiger partial charge is 0.474 e. The van der Waals surface area contributed by atoms with Gasteiger partial charge >= 0.3 is 0 Å². The van der Waals surface area contributed by atoms with E-state index >= 15 is 0 Å². The second kappa shape index (κ2) is 6.67. The van der Waals surface area contributed by atoms with E-state index in [-0.39, 0.29) is 12.0 Å². The third kappa shape index (κ3) is 3.78. The summed E-state index contributed by atoms with van der Waals surface area (Å²) in [5.74, 6) is 0.807. The number of ether oxygens (including phenoxy) is 1. The zero-order valence-corrected chi connectivity index (χ0v) is 12.5. The van der Waals surface area contributed by atoms with Crippen molar-refractivity contribution in [3.8, 4) is 5.88 Å². The fourth-order valence-electron chi connectivity index (χ4n) is 2.42. The molecule has 1 amide bonds. The highest BCUT2D eigenvalue weighted by Crippen LogP contribution is 2.17. The summed E-state index contributed by atoms with van der Waals surface area (Å²) >= 11 is 1.63. The molecule has 0 atom stereocenters. The molecule has 0 aromatic carbocycles. The van der Waals surface area contributed by atoms with Crippen LogP contribution in [0.5, 0.6) is 5.88 Å². The number of hydrogen-bond acceptors (Lipinski definition) is 5. The van der Waals surface area contributed by atoms with E-state index in [2.05, 4.69) is 9.97 Å². The van der Waals surface area contributed by atoms with Gasteiger partial charge in [0.2, 0.25) is 11.8 Å². The minimum Gasteiger partial charge on any atom is -0.474 e. The number of hydrogen-bond donors (Lipinski definition) is 0. The first-order chi connectivity index (χ1) is 10.3. The average molecular weight is 303 g/mol. The number of piperidine rings is 1. The van der Waals surface area contributed by atoms with Crippen LogP contribution < -0.4 is 4.74 Å². The Bertz CT molecular complexity index is 566. The van der Waals surface area contributed by atoms with E-state index in [0.29, 0.717) is 12.3 Å². The summed E-state index contributed by atoms with van der Waals surface area (Å²) in [4.78, 5) is 22.1. The lowest BCUT2D eigenvalue weighted by Crippen LogP contribution is -2.42. The van der Waals surface area contributed by atoms with Crippen LogP contribution in [0.4, 0.5) is 0 Å². The Morgan fingerprint density at radius 1 is 1.38 bits per heavy atom. The molecule has 2 aromatic rings. The predicted octanol–water partition coefficient (Wildman–Crippen LogP) is 2.15. The summed E-state index contributed by atoms with van der Waals surface area (Å²) in [6.45, 7) is 1.50. The second-order valence-electron chi connectivity index (χ2n) is 5.05. The van der Waals surface area contributed by atoms with E-state index in [1.807, 2.05) is 21.7 Å². The summed E-state index contributed by atoms with van der Waals surface area (Å²) in [6.07, 6.45) is 5.47. The van der Waals surface area contributed by atoms with Gasteiger partial charge in [0.15, 0.2) is 0 Å². The minimum atomic E-state index is 0.130. The van der Waals surface area contributed by atoms with Crippen molar-refractivity contribution in [2.45, 2.75) is 25.4 Å². The molecule has 0 unspecified atom stereocenters. The van der Waals surface area contributed by atoms with Gasteiger partial charge in [-0.05, 0) is 22.4 Å². The summed E-state index contributed by atoms with van der Waals surface area (Å²) in [7, 11) is 0. The molecular weight excluding hydrogens is 286 g/mol. The molecule has 1 aliphatic rings. The fourth-order valence-corrected chi connectivity index (χ4v) is 3.09. The normalized spacial score (nSPS) is 15.9. The Hall–Kier alpha value is -1.95. The minimum absolute atomic E-state index is 0.130. The number of carbonyl (C=O) groups excluding carboxylic acids is 1. The maximum atomic E-state index is 12.2. The summed E-state index contributed by atoms with van der Waals surface area (Å²) in [5.41, 5.74) is 1.10. The van der Waals surface area contributed by atoms with Crippen LogP contribution in [0.2, 0.25) is 0 Å². The van der Waals surface area contributed by atoms with E-state index in [1.54, 1.807) is 23.6 Å². The molecule has 5 nitrogen and oxygen atoms in total. The lowest BCUT2D eigenvalue weighted by atomic mass is 10.1.